The van der Waals surface area contributed by atoms with Gasteiger partial charge in [-0.05, 0) is 36.1 Å². The quantitative estimate of drug-likeness (QED) is 0.115. The molecular formula is C35H41N10O2+. The van der Waals surface area contributed by atoms with Crippen molar-refractivity contribution < 1.29 is 14.2 Å². The molecule has 1 fully saturated rings. The maximum Gasteiger partial charge on any atom is 0.496 e. The number of aryl methyl sites for hydroxylation is 1. The maximum atomic E-state index is 13.8. The number of amides is 3. The van der Waals surface area contributed by atoms with Gasteiger partial charge in [-0.2, -0.15) is 24.7 Å². The smallest absolute Gasteiger partial charge is 0.354 e. The summed E-state index contributed by atoms with van der Waals surface area (Å²) in [6.07, 6.45) is 8.69. The normalized spacial score (nSPS) is 13.6. The summed E-state index contributed by atoms with van der Waals surface area (Å²) in [7, 11) is 1.89. The van der Waals surface area contributed by atoms with E-state index >= 15 is 0 Å². The molecule has 0 spiro atoms. The number of carbonyl (C=O) groups excluding carboxylic acids is 2. The number of aromatic nitrogens is 4. The van der Waals surface area contributed by atoms with Crippen LogP contribution >= 0.6 is 0 Å². The third-order valence-corrected chi connectivity index (χ3v) is 7.93. The van der Waals surface area contributed by atoms with Gasteiger partial charge in [-0.25, -0.2) is 10.3 Å². The number of nitriles is 1. The lowest BCUT2D eigenvalue weighted by molar-refractivity contribution is -0.337. The van der Waals surface area contributed by atoms with Gasteiger partial charge in [0.15, 0.2) is 5.82 Å². The second kappa shape index (κ2) is 16.1. The van der Waals surface area contributed by atoms with Gasteiger partial charge < -0.3 is 15.5 Å². The highest BCUT2D eigenvalue weighted by molar-refractivity contribution is 5.87. The molecule has 0 radical (unpaired) electrons. The van der Waals surface area contributed by atoms with E-state index in [1.165, 1.54) is 6.20 Å². The van der Waals surface area contributed by atoms with E-state index in [0.29, 0.717) is 62.9 Å². The minimum absolute atomic E-state index is 0.00947. The van der Waals surface area contributed by atoms with E-state index in [1.807, 2.05) is 83.5 Å². The molecular weight excluding hydrogens is 592 g/mol. The number of hydrogen-bond acceptors (Lipinski definition) is 8. The van der Waals surface area contributed by atoms with E-state index in [0.717, 1.165) is 47.4 Å². The molecule has 1 aliphatic heterocycles. The van der Waals surface area contributed by atoms with Gasteiger partial charge in [0.2, 0.25) is 11.9 Å². The zero-order valence-electron chi connectivity index (χ0n) is 26.9. The van der Waals surface area contributed by atoms with E-state index in [2.05, 4.69) is 44.0 Å². The summed E-state index contributed by atoms with van der Waals surface area (Å²) in [4.78, 5) is 36.6. The number of hydrogen-bond donors (Lipinski definition) is 3. The molecule has 4 aromatic rings. The fraction of sp³-hybridized carbons (Fsp3) is 0.343. The lowest BCUT2D eigenvalue weighted by Crippen LogP contribution is -2.34. The largest absolute Gasteiger partial charge is 0.496 e. The van der Waals surface area contributed by atoms with Crippen LogP contribution < -0.4 is 20.9 Å². The molecule has 3 amide bonds. The molecule has 2 aromatic heterocycles. The molecule has 12 heteroatoms. The molecule has 0 aliphatic carbocycles. The molecule has 2 aromatic carbocycles. The molecule has 242 valence electrons. The van der Waals surface area contributed by atoms with Crippen molar-refractivity contribution in [3.8, 4) is 17.2 Å². The van der Waals surface area contributed by atoms with Crippen LogP contribution in [0.5, 0.6) is 0 Å². The molecule has 0 saturated carbocycles. The SMILES string of the molecule is CCC/C(CCCNc1ncc(C#N)c(N2CCNC(=O)CC2)n1)=[N+](\C(=O)NCc1ccccc1)c1ccc(-c2cnn(C)c2)cc1. The van der Waals surface area contributed by atoms with Crippen LogP contribution in [0.4, 0.5) is 22.2 Å². The third kappa shape index (κ3) is 8.79. The van der Waals surface area contributed by atoms with Crippen LogP contribution in [-0.2, 0) is 18.4 Å². The van der Waals surface area contributed by atoms with Crippen LogP contribution in [0, 0.1) is 11.3 Å². The summed E-state index contributed by atoms with van der Waals surface area (Å²) >= 11 is 0. The van der Waals surface area contributed by atoms with Crippen molar-refractivity contribution in [2.75, 3.05) is 36.4 Å². The molecule has 47 heavy (non-hydrogen) atoms. The van der Waals surface area contributed by atoms with Crippen molar-refractivity contribution in [2.24, 2.45) is 7.05 Å². The zero-order chi connectivity index (χ0) is 33.0. The minimum Gasteiger partial charge on any atom is -0.354 e. The Hall–Kier alpha value is -5.57. The van der Waals surface area contributed by atoms with Crippen molar-refractivity contribution in [2.45, 2.75) is 45.6 Å². The number of carbonyl (C=O) groups is 2. The van der Waals surface area contributed by atoms with E-state index in [9.17, 15) is 14.9 Å². The summed E-state index contributed by atoms with van der Waals surface area (Å²) in [5, 5.41) is 23.2. The van der Waals surface area contributed by atoms with E-state index in [1.54, 1.807) is 4.68 Å². The minimum atomic E-state index is -0.176. The number of nitrogens with one attached hydrogen (secondary N) is 3. The zero-order valence-corrected chi connectivity index (χ0v) is 26.9. The summed E-state index contributed by atoms with van der Waals surface area (Å²) in [6.45, 7) is 4.65. The first-order valence-corrected chi connectivity index (χ1v) is 16.0. The molecule has 12 nitrogen and oxygen atoms in total. The molecule has 1 saturated heterocycles. The van der Waals surface area contributed by atoms with Crippen LogP contribution in [-0.4, -0.2) is 68.2 Å². The van der Waals surface area contributed by atoms with Gasteiger partial charge in [-0.3, -0.25) is 9.48 Å². The Morgan fingerprint density at radius 3 is 2.60 bits per heavy atom. The number of rotatable bonds is 12. The molecule has 1 aliphatic rings. The van der Waals surface area contributed by atoms with Crippen LogP contribution in [0.1, 0.15) is 50.2 Å². The maximum absolute atomic E-state index is 13.8. The molecule has 3 N–H and O–H groups in total. The predicted octanol–water partition coefficient (Wildman–Crippen LogP) is 4.76. The lowest BCUT2D eigenvalue weighted by atomic mass is 10.1. The van der Waals surface area contributed by atoms with Crippen molar-refractivity contribution in [3.63, 3.8) is 0 Å². The van der Waals surface area contributed by atoms with E-state index < -0.39 is 0 Å². The van der Waals surface area contributed by atoms with Gasteiger partial charge in [-0.1, -0.05) is 49.4 Å². The average molecular weight is 634 g/mol. The Bertz CT molecular complexity index is 1740. The monoisotopic (exact) mass is 633 g/mol. The highest BCUT2D eigenvalue weighted by Gasteiger charge is 2.24. The summed E-state index contributed by atoms with van der Waals surface area (Å²) in [6, 6.07) is 19.9. The molecule has 0 atom stereocenters. The van der Waals surface area contributed by atoms with Crippen LogP contribution in [0.2, 0.25) is 0 Å². The van der Waals surface area contributed by atoms with E-state index in [-0.39, 0.29) is 11.9 Å². The lowest BCUT2D eigenvalue weighted by Gasteiger charge is -2.22. The summed E-state index contributed by atoms with van der Waals surface area (Å²) in [5.41, 5.74) is 5.24. The Balaban J connectivity index is 1.33. The van der Waals surface area contributed by atoms with E-state index in [4.69, 9.17) is 0 Å². The topological polar surface area (TPSA) is 144 Å². The Morgan fingerprint density at radius 1 is 1.06 bits per heavy atom. The number of anilines is 2. The summed E-state index contributed by atoms with van der Waals surface area (Å²) < 4.78 is 3.58. The Labute approximate surface area is 275 Å². The number of benzene rings is 2. The fourth-order valence-electron chi connectivity index (χ4n) is 5.56. The van der Waals surface area contributed by atoms with Crippen molar-refractivity contribution in [1.82, 2.24) is 30.4 Å². The first-order valence-electron chi connectivity index (χ1n) is 16.0. The first-order chi connectivity index (χ1) is 22.9. The van der Waals surface area contributed by atoms with Gasteiger partial charge in [0, 0.05) is 64.2 Å². The van der Waals surface area contributed by atoms with Gasteiger partial charge in [0.25, 0.3) is 0 Å². The Kier molecular flexibility index (Phi) is 11.3. The Morgan fingerprint density at radius 2 is 1.87 bits per heavy atom. The van der Waals surface area contributed by atoms with Crippen LogP contribution in [0.3, 0.4) is 0 Å². The summed E-state index contributed by atoms with van der Waals surface area (Å²) in [5.74, 6) is 0.934. The highest BCUT2D eigenvalue weighted by atomic mass is 16.2. The van der Waals surface area contributed by atoms with Crippen molar-refractivity contribution in [3.05, 3.63) is 84.3 Å². The average Bonchev–Trinajstić information content (AvgIpc) is 3.42. The molecule has 0 bridgehead atoms. The fourth-order valence-corrected chi connectivity index (χ4v) is 5.56. The third-order valence-electron chi connectivity index (χ3n) is 7.93. The van der Waals surface area contributed by atoms with Crippen LogP contribution in [0.25, 0.3) is 11.1 Å². The molecule has 0 unspecified atom stereocenters. The number of nitrogens with zero attached hydrogens (tertiary/aromatic N) is 7. The predicted molar refractivity (Wildman–Crippen MR) is 181 cm³/mol. The van der Waals surface area contributed by atoms with Crippen LogP contribution in [0.15, 0.2) is 73.2 Å². The second-order valence-corrected chi connectivity index (χ2v) is 11.4. The second-order valence-electron chi connectivity index (χ2n) is 11.4. The standard InChI is InChI=1S/C35H40N10O2/c1-3-8-30(11-7-17-38-34-39-23-28(21-36)33(42-34)44-19-16-32(46)37-18-20-44)45(35(47)40-22-26-9-5-4-6-10-26)31-14-12-27(13-15-31)29-24-41-43(2)25-29/h4-6,9-10,12-15,23-25H,3,7-8,11,16-20,22H2,1-2H3,(H2-,37,38,39,40,42,46,47)/p+1/b45-30+. The number of urea groups is 1. The molecule has 5 rings (SSSR count). The highest BCUT2D eigenvalue weighted by Crippen LogP contribution is 2.24. The van der Waals surface area contributed by atoms with Crippen molar-refractivity contribution >= 4 is 35.1 Å². The van der Waals surface area contributed by atoms with Gasteiger partial charge >= 0.3 is 6.03 Å². The first kappa shape index (κ1) is 32.8. The van der Waals surface area contributed by atoms with Crippen molar-refractivity contribution in [1.29, 1.82) is 5.26 Å². The van der Waals surface area contributed by atoms with Gasteiger partial charge in [0.05, 0.1) is 18.1 Å². The molecule has 3 heterocycles. The van der Waals surface area contributed by atoms with Gasteiger partial charge in [-0.15, -0.1) is 0 Å². The van der Waals surface area contributed by atoms with Gasteiger partial charge in [0.1, 0.15) is 23.9 Å².